The molecule has 36 heavy (non-hydrogen) atoms. The fraction of sp³-hybridized carbons (Fsp3) is 0.600. The molecule has 0 fully saturated rings. The number of anilines is 1. The summed E-state index contributed by atoms with van der Waals surface area (Å²) in [5, 5.41) is 9.16. The van der Waals surface area contributed by atoms with E-state index in [1.54, 1.807) is 0 Å². The van der Waals surface area contributed by atoms with Crippen LogP contribution in [0.25, 0.3) is 22.3 Å². The van der Waals surface area contributed by atoms with E-state index < -0.39 is 0 Å². The van der Waals surface area contributed by atoms with Crippen LogP contribution in [-0.2, 0) is 17.6 Å². The van der Waals surface area contributed by atoms with Gasteiger partial charge >= 0.3 is 0 Å². The zero-order valence-corrected chi connectivity index (χ0v) is 23.2. The van der Waals surface area contributed by atoms with Crippen LogP contribution in [0.5, 0.6) is 0 Å². The monoisotopic (exact) mass is 491 g/mol. The Bertz CT molecular complexity index is 1170. The third kappa shape index (κ3) is 6.03. The lowest BCUT2D eigenvalue weighted by Crippen LogP contribution is -2.37. The van der Waals surface area contributed by atoms with Crippen LogP contribution in [0, 0.1) is 11.3 Å². The number of benzene rings is 1. The van der Waals surface area contributed by atoms with Gasteiger partial charge in [-0.25, -0.2) is 0 Å². The fourth-order valence-electron chi connectivity index (χ4n) is 5.48. The summed E-state index contributed by atoms with van der Waals surface area (Å²) < 4.78 is 0. The molecule has 0 saturated carbocycles. The molecule has 2 aromatic heterocycles. The molecule has 0 spiro atoms. The second-order valence-corrected chi connectivity index (χ2v) is 11.9. The lowest BCUT2D eigenvalue weighted by molar-refractivity contribution is -0.122. The molecule has 6 nitrogen and oxygen atoms in total. The van der Waals surface area contributed by atoms with Gasteiger partial charge in [-0.05, 0) is 76.4 Å². The minimum Gasteiger partial charge on any atom is -0.353 e. The number of aromatic nitrogens is 3. The number of carbonyl (C=O) groups excluding carboxylic acids is 1. The molecule has 1 atom stereocenters. The SMILES string of the molecule is CCCCCC(C)C(=O)N(CCCN(C)C)c1ccc2cc(-c3n[nH]c4c3CCC(C)(C)C4)[nH]c2c1. The van der Waals surface area contributed by atoms with Gasteiger partial charge in [0.25, 0.3) is 0 Å². The van der Waals surface area contributed by atoms with Gasteiger partial charge in [0.2, 0.25) is 5.91 Å². The summed E-state index contributed by atoms with van der Waals surface area (Å²) in [4.78, 5) is 21.4. The molecule has 6 heteroatoms. The average molecular weight is 492 g/mol. The van der Waals surface area contributed by atoms with Crippen molar-refractivity contribution in [2.75, 3.05) is 32.1 Å². The van der Waals surface area contributed by atoms with Crippen LogP contribution >= 0.6 is 0 Å². The maximum absolute atomic E-state index is 13.5. The van der Waals surface area contributed by atoms with Crippen molar-refractivity contribution in [3.8, 4) is 11.4 Å². The van der Waals surface area contributed by atoms with E-state index >= 15 is 0 Å². The zero-order valence-electron chi connectivity index (χ0n) is 23.2. The summed E-state index contributed by atoms with van der Waals surface area (Å²) in [7, 11) is 4.17. The van der Waals surface area contributed by atoms with Crippen molar-refractivity contribution in [1.82, 2.24) is 20.1 Å². The van der Waals surface area contributed by atoms with Gasteiger partial charge in [-0.1, -0.05) is 53.0 Å². The lowest BCUT2D eigenvalue weighted by Gasteiger charge is -2.28. The molecule has 1 aromatic carbocycles. The predicted octanol–water partition coefficient (Wildman–Crippen LogP) is 6.57. The molecule has 2 heterocycles. The predicted molar refractivity (Wildman–Crippen MR) is 151 cm³/mol. The van der Waals surface area contributed by atoms with E-state index in [4.69, 9.17) is 5.10 Å². The second kappa shape index (κ2) is 11.2. The first-order valence-electron chi connectivity index (χ1n) is 13.8. The highest BCUT2D eigenvalue weighted by atomic mass is 16.2. The highest BCUT2D eigenvalue weighted by Crippen LogP contribution is 2.38. The maximum Gasteiger partial charge on any atom is 0.229 e. The number of nitrogens with one attached hydrogen (secondary N) is 2. The Labute approximate surface area is 216 Å². The summed E-state index contributed by atoms with van der Waals surface area (Å²) in [5.41, 5.74) is 7.08. The molecule has 0 aliphatic heterocycles. The Morgan fingerprint density at radius 2 is 1.94 bits per heavy atom. The molecule has 1 aliphatic rings. The van der Waals surface area contributed by atoms with Crippen LogP contribution in [0.4, 0.5) is 5.69 Å². The number of rotatable bonds is 11. The van der Waals surface area contributed by atoms with Gasteiger partial charge in [-0.3, -0.25) is 9.89 Å². The van der Waals surface area contributed by atoms with Crippen molar-refractivity contribution in [2.24, 2.45) is 11.3 Å². The summed E-state index contributed by atoms with van der Waals surface area (Å²) in [6.07, 6.45) is 8.65. The molecule has 196 valence electrons. The van der Waals surface area contributed by atoms with Crippen LogP contribution in [0.15, 0.2) is 24.3 Å². The Kier molecular flexibility index (Phi) is 8.23. The zero-order chi connectivity index (χ0) is 25.9. The van der Waals surface area contributed by atoms with E-state index in [0.29, 0.717) is 5.41 Å². The first-order chi connectivity index (χ1) is 17.2. The number of carbonyl (C=O) groups is 1. The third-order valence-electron chi connectivity index (χ3n) is 7.75. The highest BCUT2D eigenvalue weighted by molar-refractivity contribution is 5.97. The molecule has 0 saturated heterocycles. The molecule has 1 aliphatic carbocycles. The molecular weight excluding hydrogens is 446 g/mol. The van der Waals surface area contributed by atoms with Crippen molar-refractivity contribution in [1.29, 1.82) is 0 Å². The van der Waals surface area contributed by atoms with Crippen molar-refractivity contribution in [3.05, 3.63) is 35.5 Å². The van der Waals surface area contributed by atoms with E-state index in [0.717, 1.165) is 73.2 Å². The largest absolute Gasteiger partial charge is 0.353 e. The minimum absolute atomic E-state index is 0.0330. The molecule has 0 radical (unpaired) electrons. The minimum atomic E-state index is 0.0330. The van der Waals surface area contributed by atoms with Crippen LogP contribution in [0.2, 0.25) is 0 Å². The Morgan fingerprint density at radius 3 is 2.69 bits per heavy atom. The first-order valence-corrected chi connectivity index (χ1v) is 13.8. The van der Waals surface area contributed by atoms with Gasteiger partial charge in [-0.2, -0.15) is 5.10 Å². The molecule has 2 N–H and O–H groups in total. The van der Waals surface area contributed by atoms with Gasteiger partial charge in [0, 0.05) is 40.3 Å². The lowest BCUT2D eigenvalue weighted by atomic mass is 9.76. The first kappa shape index (κ1) is 26.5. The van der Waals surface area contributed by atoms with Crippen molar-refractivity contribution in [3.63, 3.8) is 0 Å². The van der Waals surface area contributed by atoms with Gasteiger partial charge < -0.3 is 14.8 Å². The summed E-state index contributed by atoms with van der Waals surface area (Å²) in [6, 6.07) is 8.59. The number of nitrogens with zero attached hydrogens (tertiary/aromatic N) is 3. The Hall–Kier alpha value is -2.60. The van der Waals surface area contributed by atoms with Gasteiger partial charge in [-0.15, -0.1) is 0 Å². The van der Waals surface area contributed by atoms with Crippen molar-refractivity contribution < 1.29 is 4.79 Å². The number of hydrogen-bond donors (Lipinski definition) is 2. The van der Waals surface area contributed by atoms with Crippen LogP contribution in [0.1, 0.15) is 77.5 Å². The molecule has 1 amide bonds. The van der Waals surface area contributed by atoms with E-state index in [-0.39, 0.29) is 11.8 Å². The van der Waals surface area contributed by atoms with Crippen LogP contribution < -0.4 is 4.90 Å². The molecule has 1 unspecified atom stereocenters. The number of unbranched alkanes of at least 4 members (excludes halogenated alkanes) is 2. The molecular formula is C30H45N5O. The standard InChI is InChI=1S/C30H45N5O/c1-7-8-9-11-21(2)29(36)35(17-10-16-34(5)6)23-13-12-22-18-26(31-25(22)19-23)28-24-14-15-30(3,4)20-27(24)32-33-28/h12-13,18-19,21,31H,7-11,14-17,20H2,1-6H3,(H,32,33). The average Bonchev–Trinajstić information content (AvgIpc) is 3.43. The van der Waals surface area contributed by atoms with Gasteiger partial charge in [0.15, 0.2) is 0 Å². The molecule has 3 aromatic rings. The molecule has 4 rings (SSSR count). The number of H-pyrrole nitrogens is 2. The van der Waals surface area contributed by atoms with Crippen LogP contribution in [0.3, 0.4) is 0 Å². The Morgan fingerprint density at radius 1 is 1.14 bits per heavy atom. The summed E-state index contributed by atoms with van der Waals surface area (Å²) in [5.74, 6) is 0.269. The summed E-state index contributed by atoms with van der Waals surface area (Å²) in [6.45, 7) is 10.7. The fourth-order valence-corrected chi connectivity index (χ4v) is 5.48. The smallest absolute Gasteiger partial charge is 0.229 e. The Balaban J connectivity index is 1.59. The van der Waals surface area contributed by atoms with Crippen molar-refractivity contribution in [2.45, 2.75) is 79.1 Å². The van der Waals surface area contributed by atoms with Gasteiger partial charge in [0.1, 0.15) is 5.69 Å². The number of amides is 1. The van der Waals surface area contributed by atoms with E-state index in [1.807, 2.05) is 4.90 Å². The summed E-state index contributed by atoms with van der Waals surface area (Å²) >= 11 is 0. The highest BCUT2D eigenvalue weighted by Gasteiger charge is 2.29. The van der Waals surface area contributed by atoms with E-state index in [1.165, 1.54) is 30.5 Å². The second-order valence-electron chi connectivity index (χ2n) is 11.9. The van der Waals surface area contributed by atoms with E-state index in [9.17, 15) is 4.79 Å². The quantitative estimate of drug-likeness (QED) is 0.298. The third-order valence-corrected chi connectivity index (χ3v) is 7.75. The van der Waals surface area contributed by atoms with Gasteiger partial charge in [0.05, 0.1) is 5.69 Å². The number of fused-ring (bicyclic) bond motifs is 2. The molecule has 0 bridgehead atoms. The number of hydrogen-bond acceptors (Lipinski definition) is 3. The van der Waals surface area contributed by atoms with Crippen molar-refractivity contribution >= 4 is 22.5 Å². The van der Waals surface area contributed by atoms with E-state index in [2.05, 4.69) is 81.0 Å². The normalized spacial score (nSPS) is 15.9. The maximum atomic E-state index is 13.5. The number of aromatic amines is 2. The van der Waals surface area contributed by atoms with Crippen LogP contribution in [-0.4, -0.2) is 53.2 Å². The topological polar surface area (TPSA) is 68.0 Å².